The Hall–Kier alpha value is -2.05. The van der Waals surface area contributed by atoms with Gasteiger partial charge in [-0.3, -0.25) is 4.79 Å². The third-order valence-electron chi connectivity index (χ3n) is 4.45. The number of hydrogen-bond donors (Lipinski definition) is 0. The van der Waals surface area contributed by atoms with Crippen molar-refractivity contribution in [3.8, 4) is 0 Å². The summed E-state index contributed by atoms with van der Waals surface area (Å²) in [7, 11) is 0. The van der Waals surface area contributed by atoms with Gasteiger partial charge in [0.25, 0.3) is 0 Å². The van der Waals surface area contributed by atoms with Gasteiger partial charge in [-0.2, -0.15) is 0 Å². The molecule has 2 fully saturated rings. The summed E-state index contributed by atoms with van der Waals surface area (Å²) in [4.78, 5) is 12.1. The first-order valence-corrected chi connectivity index (χ1v) is 8.42. The molecule has 0 aliphatic carbocycles. The predicted octanol–water partition coefficient (Wildman–Crippen LogP) is 2.48. The number of carbonyl (C=O) groups is 1. The molecule has 2 aromatic rings. The van der Waals surface area contributed by atoms with Crippen molar-refractivity contribution in [2.45, 2.75) is 37.8 Å². The average molecular weight is 340 g/mol. The van der Waals surface area contributed by atoms with Gasteiger partial charge in [-0.05, 0) is 11.1 Å². The highest BCUT2D eigenvalue weighted by Crippen LogP contribution is 2.32. The second kappa shape index (κ2) is 7.45. The molecule has 2 saturated heterocycles. The normalized spacial score (nSPS) is 28.2. The Labute approximate surface area is 146 Å². The van der Waals surface area contributed by atoms with Crippen LogP contribution in [0.1, 0.15) is 11.1 Å². The molecule has 2 heterocycles. The fraction of sp³-hybridized carbons (Fsp3) is 0.350. The lowest BCUT2D eigenvalue weighted by molar-refractivity contribution is -0.205. The fourth-order valence-electron chi connectivity index (χ4n) is 3.16. The summed E-state index contributed by atoms with van der Waals surface area (Å²) in [6.45, 7) is 0.864. The lowest BCUT2D eigenvalue weighted by Crippen LogP contribution is -2.39. The van der Waals surface area contributed by atoms with Crippen LogP contribution in [0.25, 0.3) is 0 Å². The molecule has 4 rings (SSSR count). The minimum atomic E-state index is -0.622. The number of rotatable bonds is 6. The Morgan fingerprint density at radius 2 is 1.40 bits per heavy atom. The Kier molecular flexibility index (Phi) is 4.90. The SMILES string of the molecule is O=C1CO[C@@H]2O[C@H]1[C@H](OCc1ccccc1)[C@H]2OCc1ccccc1. The van der Waals surface area contributed by atoms with E-state index in [0.717, 1.165) is 11.1 Å². The van der Waals surface area contributed by atoms with Gasteiger partial charge in [-0.25, -0.2) is 0 Å². The summed E-state index contributed by atoms with van der Waals surface area (Å²) in [6.07, 6.45) is -2.08. The van der Waals surface area contributed by atoms with E-state index in [4.69, 9.17) is 18.9 Å². The van der Waals surface area contributed by atoms with Crippen LogP contribution in [0.5, 0.6) is 0 Å². The standard InChI is InChI=1S/C20H20O5/c21-16-13-24-20-19(23-12-15-9-5-2-6-10-15)18(17(16)25-20)22-11-14-7-3-1-4-8-14/h1-10,17-20H,11-13H2/t17-,18+,19-,20-/m1/s1. The lowest BCUT2D eigenvalue weighted by atomic mass is 10.1. The van der Waals surface area contributed by atoms with Gasteiger partial charge in [0.15, 0.2) is 18.2 Å². The molecule has 0 radical (unpaired) electrons. The molecular formula is C20H20O5. The molecule has 25 heavy (non-hydrogen) atoms. The molecule has 4 atom stereocenters. The second-order valence-corrected chi connectivity index (χ2v) is 6.22. The third-order valence-corrected chi connectivity index (χ3v) is 4.45. The van der Waals surface area contributed by atoms with E-state index in [-0.39, 0.29) is 12.4 Å². The van der Waals surface area contributed by atoms with E-state index in [1.807, 2.05) is 60.7 Å². The molecule has 5 nitrogen and oxygen atoms in total. The molecule has 0 amide bonds. The van der Waals surface area contributed by atoms with Crippen molar-refractivity contribution in [1.82, 2.24) is 0 Å². The molecule has 0 saturated carbocycles. The zero-order valence-corrected chi connectivity index (χ0v) is 13.7. The molecule has 130 valence electrons. The summed E-state index contributed by atoms with van der Waals surface area (Å²) in [5, 5.41) is 0. The largest absolute Gasteiger partial charge is 0.367 e. The number of Topliss-reactive ketones (excluding diaryl/α,β-unsaturated/α-hetero) is 1. The van der Waals surface area contributed by atoms with Crippen LogP contribution in [-0.2, 0) is 37.0 Å². The molecule has 2 aromatic carbocycles. The van der Waals surface area contributed by atoms with Crippen molar-refractivity contribution in [1.29, 1.82) is 0 Å². The highest BCUT2D eigenvalue weighted by atomic mass is 16.7. The van der Waals surface area contributed by atoms with Crippen molar-refractivity contribution in [2.24, 2.45) is 0 Å². The van der Waals surface area contributed by atoms with E-state index in [1.165, 1.54) is 0 Å². The Morgan fingerprint density at radius 3 is 2.00 bits per heavy atom. The fourth-order valence-corrected chi connectivity index (χ4v) is 3.16. The second-order valence-electron chi connectivity index (χ2n) is 6.22. The molecule has 2 aliphatic heterocycles. The first kappa shape index (κ1) is 16.4. The molecule has 0 N–H and O–H groups in total. The maximum Gasteiger partial charge on any atom is 0.190 e. The van der Waals surface area contributed by atoms with Gasteiger partial charge in [-0.1, -0.05) is 60.7 Å². The van der Waals surface area contributed by atoms with Crippen molar-refractivity contribution in [3.05, 3.63) is 71.8 Å². The number of ketones is 1. The van der Waals surface area contributed by atoms with Gasteiger partial charge in [0, 0.05) is 0 Å². The van der Waals surface area contributed by atoms with Crippen molar-refractivity contribution >= 4 is 5.78 Å². The summed E-state index contributed by atoms with van der Waals surface area (Å²) >= 11 is 0. The maximum atomic E-state index is 12.1. The zero-order chi connectivity index (χ0) is 17.1. The molecule has 0 unspecified atom stereocenters. The van der Waals surface area contributed by atoms with E-state index in [2.05, 4.69) is 0 Å². The number of fused-ring (bicyclic) bond motifs is 2. The first-order chi connectivity index (χ1) is 12.3. The number of carbonyl (C=O) groups excluding carboxylic acids is 1. The number of benzene rings is 2. The van der Waals surface area contributed by atoms with Crippen molar-refractivity contribution < 1.29 is 23.7 Å². The van der Waals surface area contributed by atoms with Gasteiger partial charge >= 0.3 is 0 Å². The van der Waals surface area contributed by atoms with Crippen molar-refractivity contribution in [2.75, 3.05) is 6.61 Å². The predicted molar refractivity (Wildman–Crippen MR) is 89.7 cm³/mol. The monoisotopic (exact) mass is 340 g/mol. The van der Waals surface area contributed by atoms with E-state index in [1.54, 1.807) is 0 Å². The Balaban J connectivity index is 1.45. The lowest BCUT2D eigenvalue weighted by Gasteiger charge is -2.22. The minimum absolute atomic E-state index is 0.0473. The third kappa shape index (κ3) is 3.65. The van der Waals surface area contributed by atoms with Crippen LogP contribution in [0.15, 0.2) is 60.7 Å². The van der Waals surface area contributed by atoms with E-state index in [0.29, 0.717) is 13.2 Å². The Bertz CT molecular complexity index is 703. The van der Waals surface area contributed by atoms with E-state index in [9.17, 15) is 4.79 Å². The highest BCUT2D eigenvalue weighted by molar-refractivity contribution is 5.86. The van der Waals surface area contributed by atoms with Crippen LogP contribution in [0, 0.1) is 0 Å². The number of hydrogen-bond acceptors (Lipinski definition) is 5. The molecule has 0 aromatic heterocycles. The van der Waals surface area contributed by atoms with Crippen LogP contribution < -0.4 is 0 Å². The minimum Gasteiger partial charge on any atom is -0.367 e. The van der Waals surface area contributed by atoms with Crippen LogP contribution in [0.4, 0.5) is 0 Å². The maximum absolute atomic E-state index is 12.1. The smallest absolute Gasteiger partial charge is 0.190 e. The summed E-state index contributed by atoms with van der Waals surface area (Å²) in [5.74, 6) is -0.0971. The summed E-state index contributed by atoms with van der Waals surface area (Å²) in [5.41, 5.74) is 2.09. The first-order valence-electron chi connectivity index (χ1n) is 8.42. The highest BCUT2D eigenvalue weighted by Gasteiger charge is 2.53. The van der Waals surface area contributed by atoms with Crippen molar-refractivity contribution in [3.63, 3.8) is 0 Å². The van der Waals surface area contributed by atoms with Gasteiger partial charge < -0.3 is 18.9 Å². The van der Waals surface area contributed by atoms with Gasteiger partial charge in [0.2, 0.25) is 0 Å². The number of ether oxygens (including phenoxy) is 4. The molecule has 0 spiro atoms. The van der Waals surface area contributed by atoms with E-state index >= 15 is 0 Å². The Morgan fingerprint density at radius 1 is 0.840 bits per heavy atom. The van der Waals surface area contributed by atoms with Crippen LogP contribution >= 0.6 is 0 Å². The summed E-state index contributed by atoms with van der Waals surface area (Å²) in [6, 6.07) is 19.7. The molecule has 2 aliphatic rings. The summed E-state index contributed by atoms with van der Waals surface area (Å²) < 4.78 is 23.2. The van der Waals surface area contributed by atoms with Crippen LogP contribution in [0.2, 0.25) is 0 Å². The van der Waals surface area contributed by atoms with E-state index < -0.39 is 24.6 Å². The molecule has 2 bridgehead atoms. The van der Waals surface area contributed by atoms with Gasteiger partial charge in [0.05, 0.1) is 13.2 Å². The zero-order valence-electron chi connectivity index (χ0n) is 13.7. The molecule has 5 heteroatoms. The van der Waals surface area contributed by atoms with Crippen LogP contribution in [-0.4, -0.2) is 37.0 Å². The van der Waals surface area contributed by atoms with Gasteiger partial charge in [-0.15, -0.1) is 0 Å². The average Bonchev–Trinajstić information content (AvgIpc) is 2.96. The molecular weight excluding hydrogens is 320 g/mol. The topological polar surface area (TPSA) is 54.0 Å². The van der Waals surface area contributed by atoms with Gasteiger partial charge in [0.1, 0.15) is 18.8 Å². The van der Waals surface area contributed by atoms with Crippen LogP contribution in [0.3, 0.4) is 0 Å². The quantitative estimate of drug-likeness (QED) is 0.809.